The molecule has 1 N–H and O–H groups in total. The third-order valence-corrected chi connectivity index (χ3v) is 4.76. The highest BCUT2D eigenvalue weighted by Gasteiger charge is 2.28. The minimum Gasteiger partial charge on any atom is -0.314 e. The van der Waals surface area contributed by atoms with Crippen molar-refractivity contribution in [2.45, 2.75) is 33.2 Å². The van der Waals surface area contributed by atoms with E-state index in [1.165, 1.54) is 0 Å². The van der Waals surface area contributed by atoms with E-state index >= 15 is 0 Å². The molecule has 5 heteroatoms. The molecular weight excluding hydrogens is 212 g/mol. The van der Waals surface area contributed by atoms with Crippen LogP contribution in [-0.2, 0) is 10.0 Å². The number of nitrogens with one attached hydrogen (secondary N) is 1. The molecule has 15 heavy (non-hydrogen) atoms. The highest BCUT2D eigenvalue weighted by Crippen LogP contribution is 2.13. The fourth-order valence-corrected chi connectivity index (χ4v) is 3.73. The average molecular weight is 234 g/mol. The van der Waals surface area contributed by atoms with Gasteiger partial charge in [-0.3, -0.25) is 0 Å². The standard InChI is InChI=1S/C10H22N2O2S/c1-9(2)4-7-15(13,14)12-6-5-11-8-10(12)3/h9-11H,4-8H2,1-3H3/t10-/m0/s1. The molecule has 4 nitrogen and oxygen atoms in total. The van der Waals surface area contributed by atoms with E-state index in [2.05, 4.69) is 19.2 Å². The van der Waals surface area contributed by atoms with Crippen molar-refractivity contribution in [3.8, 4) is 0 Å². The Labute approximate surface area is 93.1 Å². The molecule has 1 fully saturated rings. The molecule has 1 atom stereocenters. The third-order valence-electron chi connectivity index (χ3n) is 2.75. The second-order valence-corrected chi connectivity index (χ2v) is 6.70. The summed E-state index contributed by atoms with van der Waals surface area (Å²) < 4.78 is 25.6. The summed E-state index contributed by atoms with van der Waals surface area (Å²) in [5.74, 6) is 0.729. The maximum absolute atomic E-state index is 12.0. The van der Waals surface area contributed by atoms with Gasteiger partial charge in [0.05, 0.1) is 5.75 Å². The Kier molecular flexibility index (Phi) is 4.55. The van der Waals surface area contributed by atoms with Gasteiger partial charge in [-0.05, 0) is 19.3 Å². The van der Waals surface area contributed by atoms with Crippen LogP contribution in [-0.4, -0.2) is 44.2 Å². The molecule has 1 heterocycles. The molecule has 0 saturated carbocycles. The molecule has 1 saturated heterocycles. The predicted molar refractivity (Wildman–Crippen MR) is 62.3 cm³/mol. The van der Waals surface area contributed by atoms with Crippen LogP contribution in [0.1, 0.15) is 27.2 Å². The number of rotatable bonds is 4. The van der Waals surface area contributed by atoms with Crippen molar-refractivity contribution < 1.29 is 8.42 Å². The lowest BCUT2D eigenvalue weighted by atomic mass is 10.2. The van der Waals surface area contributed by atoms with Gasteiger partial charge in [0.25, 0.3) is 0 Å². The smallest absolute Gasteiger partial charge is 0.214 e. The molecule has 0 spiro atoms. The molecule has 0 bridgehead atoms. The zero-order valence-electron chi connectivity index (χ0n) is 9.86. The first-order chi connectivity index (χ1) is 6.93. The van der Waals surface area contributed by atoms with Gasteiger partial charge in [-0.15, -0.1) is 0 Å². The fraction of sp³-hybridized carbons (Fsp3) is 1.00. The summed E-state index contributed by atoms with van der Waals surface area (Å²) in [5.41, 5.74) is 0. The van der Waals surface area contributed by atoms with Crippen LogP contribution in [0, 0.1) is 5.92 Å². The van der Waals surface area contributed by atoms with Crippen LogP contribution in [0.15, 0.2) is 0 Å². The van der Waals surface area contributed by atoms with E-state index in [-0.39, 0.29) is 11.8 Å². The molecule has 0 aromatic carbocycles. The van der Waals surface area contributed by atoms with E-state index in [1.54, 1.807) is 4.31 Å². The summed E-state index contributed by atoms with van der Waals surface area (Å²) in [5, 5.41) is 3.20. The van der Waals surface area contributed by atoms with Crippen LogP contribution in [0.4, 0.5) is 0 Å². The maximum atomic E-state index is 12.0. The predicted octanol–water partition coefficient (Wildman–Crippen LogP) is 0.656. The summed E-state index contributed by atoms with van der Waals surface area (Å²) in [6.07, 6.45) is 0.749. The zero-order valence-corrected chi connectivity index (χ0v) is 10.7. The molecule has 0 radical (unpaired) electrons. The third kappa shape index (κ3) is 3.74. The molecule has 0 aromatic heterocycles. The van der Waals surface area contributed by atoms with Gasteiger partial charge in [-0.2, -0.15) is 4.31 Å². The second-order valence-electron chi connectivity index (χ2n) is 4.66. The summed E-state index contributed by atoms with van der Waals surface area (Å²) in [6.45, 7) is 8.21. The largest absolute Gasteiger partial charge is 0.314 e. The topological polar surface area (TPSA) is 49.4 Å². The fourth-order valence-electron chi connectivity index (χ4n) is 1.74. The van der Waals surface area contributed by atoms with Crippen molar-refractivity contribution in [3.05, 3.63) is 0 Å². The van der Waals surface area contributed by atoms with Gasteiger partial charge in [-0.25, -0.2) is 8.42 Å². The van der Waals surface area contributed by atoms with Crippen LogP contribution in [0.3, 0.4) is 0 Å². The quantitative estimate of drug-likeness (QED) is 0.777. The first kappa shape index (κ1) is 12.9. The van der Waals surface area contributed by atoms with Gasteiger partial charge in [0, 0.05) is 25.7 Å². The highest BCUT2D eigenvalue weighted by molar-refractivity contribution is 7.89. The molecule has 1 rings (SSSR count). The van der Waals surface area contributed by atoms with Crippen molar-refractivity contribution in [2.75, 3.05) is 25.4 Å². The van der Waals surface area contributed by atoms with E-state index in [0.29, 0.717) is 12.5 Å². The molecule has 0 aromatic rings. The zero-order chi connectivity index (χ0) is 11.5. The van der Waals surface area contributed by atoms with Crippen LogP contribution in [0.5, 0.6) is 0 Å². The first-order valence-electron chi connectivity index (χ1n) is 5.63. The highest BCUT2D eigenvalue weighted by atomic mass is 32.2. The number of hydrogen-bond donors (Lipinski definition) is 1. The summed E-state index contributed by atoms with van der Waals surface area (Å²) in [4.78, 5) is 0. The normalized spacial score (nSPS) is 24.7. The molecule has 0 unspecified atom stereocenters. The van der Waals surface area contributed by atoms with Crippen LogP contribution in [0.25, 0.3) is 0 Å². The number of sulfonamides is 1. The minimum atomic E-state index is -3.03. The van der Waals surface area contributed by atoms with E-state index in [1.807, 2.05) is 6.92 Å². The lowest BCUT2D eigenvalue weighted by Gasteiger charge is -2.33. The monoisotopic (exact) mass is 234 g/mol. The Morgan fingerprint density at radius 3 is 2.67 bits per heavy atom. The summed E-state index contributed by atoms with van der Waals surface area (Å²) in [7, 11) is -3.03. The summed E-state index contributed by atoms with van der Waals surface area (Å²) in [6, 6.07) is 0.0934. The molecule has 0 aliphatic carbocycles. The molecule has 90 valence electrons. The number of nitrogens with zero attached hydrogens (tertiary/aromatic N) is 1. The van der Waals surface area contributed by atoms with Crippen LogP contribution < -0.4 is 5.32 Å². The van der Waals surface area contributed by atoms with Gasteiger partial charge in [0.15, 0.2) is 0 Å². The first-order valence-corrected chi connectivity index (χ1v) is 7.24. The summed E-state index contributed by atoms with van der Waals surface area (Å²) >= 11 is 0. The van der Waals surface area contributed by atoms with Crippen LogP contribution >= 0.6 is 0 Å². The Morgan fingerprint density at radius 1 is 1.47 bits per heavy atom. The van der Waals surface area contributed by atoms with Gasteiger partial charge in [-0.1, -0.05) is 13.8 Å². The van der Waals surface area contributed by atoms with E-state index in [9.17, 15) is 8.42 Å². The molecule has 1 aliphatic rings. The van der Waals surface area contributed by atoms with Gasteiger partial charge < -0.3 is 5.32 Å². The van der Waals surface area contributed by atoms with E-state index < -0.39 is 10.0 Å². The Balaban J connectivity index is 2.59. The van der Waals surface area contributed by atoms with Gasteiger partial charge in [0.1, 0.15) is 0 Å². The van der Waals surface area contributed by atoms with Gasteiger partial charge >= 0.3 is 0 Å². The van der Waals surface area contributed by atoms with Crippen molar-refractivity contribution >= 4 is 10.0 Å². The van der Waals surface area contributed by atoms with Crippen molar-refractivity contribution in [3.63, 3.8) is 0 Å². The van der Waals surface area contributed by atoms with E-state index in [4.69, 9.17) is 0 Å². The molecule has 0 amide bonds. The number of hydrogen-bond acceptors (Lipinski definition) is 3. The lowest BCUT2D eigenvalue weighted by Crippen LogP contribution is -2.52. The molecule has 1 aliphatic heterocycles. The SMILES string of the molecule is CC(C)CCS(=O)(=O)N1CCNC[C@@H]1C. The Bertz CT molecular complexity index is 288. The van der Waals surface area contributed by atoms with E-state index in [0.717, 1.165) is 19.5 Å². The Hall–Kier alpha value is -0.130. The van der Waals surface area contributed by atoms with Crippen LogP contribution in [0.2, 0.25) is 0 Å². The van der Waals surface area contributed by atoms with Crippen molar-refractivity contribution in [1.82, 2.24) is 9.62 Å². The van der Waals surface area contributed by atoms with Crippen molar-refractivity contribution in [2.24, 2.45) is 5.92 Å². The second kappa shape index (κ2) is 5.27. The van der Waals surface area contributed by atoms with Gasteiger partial charge in [0.2, 0.25) is 10.0 Å². The van der Waals surface area contributed by atoms with Crippen molar-refractivity contribution in [1.29, 1.82) is 0 Å². The molecular formula is C10H22N2O2S. The Morgan fingerprint density at radius 2 is 2.13 bits per heavy atom. The lowest BCUT2D eigenvalue weighted by molar-refractivity contribution is 0.283. The maximum Gasteiger partial charge on any atom is 0.214 e. The number of piperazine rings is 1. The minimum absolute atomic E-state index is 0.0934. The average Bonchev–Trinajstić information content (AvgIpc) is 2.15.